The third kappa shape index (κ3) is 4.38. The van der Waals surface area contributed by atoms with Crippen LogP contribution in [0.1, 0.15) is 22.3 Å². The number of carboxylic acid groups (broad SMARTS) is 1. The number of aliphatic carboxylic acids is 1. The third-order valence-electron chi connectivity index (χ3n) is 2.62. The monoisotopic (exact) mass is 253 g/mol. The van der Waals surface area contributed by atoms with Crippen LogP contribution in [0.2, 0.25) is 0 Å². The van der Waals surface area contributed by atoms with Crippen molar-refractivity contribution in [3.63, 3.8) is 0 Å². The fraction of sp³-hybridized carbons (Fsp3) is 0.231. The minimum atomic E-state index is -1.35. The summed E-state index contributed by atoms with van der Waals surface area (Å²) >= 11 is 0. The molecule has 0 spiro atoms. The van der Waals surface area contributed by atoms with Gasteiger partial charge in [0.2, 0.25) is 0 Å². The van der Waals surface area contributed by atoms with E-state index in [0.717, 1.165) is 22.8 Å². The van der Waals surface area contributed by atoms with Crippen molar-refractivity contribution in [3.05, 3.63) is 40.5 Å². The van der Waals surface area contributed by atoms with E-state index in [2.05, 4.69) is 0 Å². The summed E-state index contributed by atoms with van der Waals surface area (Å²) in [5.74, 6) is -1.35. The van der Waals surface area contributed by atoms with Crippen LogP contribution in [0.4, 0.5) is 0 Å². The van der Waals surface area contributed by atoms with Gasteiger partial charge in [-0.1, -0.05) is 12.1 Å². The van der Waals surface area contributed by atoms with E-state index in [1.54, 1.807) is 12.1 Å². The molecule has 0 radical (unpaired) electrons. The fourth-order valence-electron chi connectivity index (χ4n) is 1.49. The first-order valence-corrected chi connectivity index (χ1v) is 4.86. The van der Waals surface area contributed by atoms with Gasteiger partial charge in [0.25, 0.3) is 0 Å². The molecule has 0 N–H and O–H groups in total. The summed E-state index contributed by atoms with van der Waals surface area (Å²) in [4.78, 5) is 10.4. The number of allylic oxidation sites excluding steroid dienone is 1. The third-order valence-corrected chi connectivity index (χ3v) is 2.62. The van der Waals surface area contributed by atoms with Crippen molar-refractivity contribution in [2.75, 3.05) is 0 Å². The summed E-state index contributed by atoms with van der Waals surface area (Å²) in [5.41, 5.74) is 3.96. The minimum Gasteiger partial charge on any atom is -0.545 e. The zero-order chi connectivity index (χ0) is 12.3. The number of nitrogens with zero attached hydrogens (tertiary/aromatic N) is 1. The number of benzene rings is 1. The number of rotatable bonds is 2. The van der Waals surface area contributed by atoms with Crippen LogP contribution in [0.25, 0.3) is 5.57 Å². The van der Waals surface area contributed by atoms with Crippen LogP contribution >= 0.6 is 0 Å². The van der Waals surface area contributed by atoms with Crippen molar-refractivity contribution < 1.29 is 61.3 Å². The molecule has 0 bridgehead atoms. The topological polar surface area (TPSA) is 63.9 Å². The fourth-order valence-corrected chi connectivity index (χ4v) is 1.49. The van der Waals surface area contributed by atoms with Crippen LogP contribution < -0.4 is 56.5 Å². The SMILES string of the molecule is Cc1cc(/C(C#N)=C/C(=O)[O-])cc(C)c1C.[K+]. The summed E-state index contributed by atoms with van der Waals surface area (Å²) in [7, 11) is 0. The Labute approximate surface area is 144 Å². The molecule has 0 atom stereocenters. The second-order valence-corrected chi connectivity index (χ2v) is 3.72. The first-order chi connectivity index (χ1) is 7.45. The van der Waals surface area contributed by atoms with Gasteiger partial charge in [-0.2, -0.15) is 5.26 Å². The Bertz CT molecular complexity index is 490. The van der Waals surface area contributed by atoms with Crippen LogP contribution in [-0.2, 0) is 4.79 Å². The summed E-state index contributed by atoms with van der Waals surface area (Å²) in [6, 6.07) is 5.48. The van der Waals surface area contributed by atoms with Crippen molar-refractivity contribution in [1.29, 1.82) is 5.26 Å². The molecule has 17 heavy (non-hydrogen) atoms. The number of nitriles is 1. The Kier molecular flexibility index (Phi) is 6.91. The first-order valence-electron chi connectivity index (χ1n) is 4.86. The van der Waals surface area contributed by atoms with Crippen LogP contribution in [-0.4, -0.2) is 5.97 Å². The Morgan fingerprint density at radius 1 is 1.29 bits per heavy atom. The van der Waals surface area contributed by atoms with Crippen molar-refractivity contribution >= 4 is 11.5 Å². The first kappa shape index (κ1) is 16.6. The van der Waals surface area contributed by atoms with E-state index in [4.69, 9.17) is 5.26 Å². The van der Waals surface area contributed by atoms with Gasteiger partial charge in [-0.05, 0) is 49.1 Å². The summed E-state index contributed by atoms with van der Waals surface area (Å²) in [5, 5.41) is 19.3. The zero-order valence-corrected chi connectivity index (χ0v) is 13.6. The molecule has 0 aromatic heterocycles. The normalized spacial score (nSPS) is 10.4. The molecule has 0 aliphatic heterocycles. The van der Waals surface area contributed by atoms with Crippen molar-refractivity contribution in [3.8, 4) is 6.07 Å². The summed E-state index contributed by atoms with van der Waals surface area (Å²) in [6.45, 7) is 5.85. The van der Waals surface area contributed by atoms with Crippen molar-refractivity contribution in [2.45, 2.75) is 20.8 Å². The Morgan fingerprint density at radius 2 is 1.76 bits per heavy atom. The van der Waals surface area contributed by atoms with Gasteiger partial charge < -0.3 is 9.90 Å². The second-order valence-electron chi connectivity index (χ2n) is 3.72. The quantitative estimate of drug-likeness (QED) is 0.357. The maximum Gasteiger partial charge on any atom is 1.00 e. The number of carbonyl (C=O) groups excluding carboxylic acids is 1. The maximum atomic E-state index is 10.4. The van der Waals surface area contributed by atoms with Crippen LogP contribution in [0.5, 0.6) is 0 Å². The molecule has 0 unspecified atom stereocenters. The number of carboxylic acids is 1. The van der Waals surface area contributed by atoms with Gasteiger partial charge in [-0.25, -0.2) is 0 Å². The van der Waals surface area contributed by atoms with E-state index in [1.165, 1.54) is 0 Å². The predicted molar refractivity (Wildman–Crippen MR) is 59.3 cm³/mol. The Hall–Kier alpha value is -0.444. The molecular weight excluding hydrogens is 241 g/mol. The molecule has 0 saturated carbocycles. The van der Waals surface area contributed by atoms with E-state index < -0.39 is 5.97 Å². The molecule has 4 heteroatoms. The van der Waals surface area contributed by atoms with Gasteiger partial charge in [0.05, 0.1) is 17.6 Å². The zero-order valence-electron chi connectivity index (χ0n) is 10.5. The van der Waals surface area contributed by atoms with Gasteiger partial charge >= 0.3 is 51.4 Å². The molecule has 0 saturated heterocycles. The molecule has 0 amide bonds. The molecule has 1 aromatic carbocycles. The Balaban J connectivity index is 0.00000256. The minimum absolute atomic E-state index is 0. The molecule has 3 nitrogen and oxygen atoms in total. The van der Waals surface area contributed by atoms with E-state index in [9.17, 15) is 9.90 Å². The standard InChI is InChI=1S/C13H13NO2.K/c1-8-4-11(5-9(2)10(8)3)12(7-14)6-13(15)16;/h4-6H,1-3H3,(H,15,16);/q;+1/p-1/b12-6+;. The Morgan fingerprint density at radius 3 is 2.12 bits per heavy atom. The number of aryl methyl sites for hydroxylation is 2. The molecule has 82 valence electrons. The van der Waals surface area contributed by atoms with Crippen LogP contribution in [0.3, 0.4) is 0 Å². The van der Waals surface area contributed by atoms with E-state index in [-0.39, 0.29) is 57.0 Å². The predicted octanol–water partition coefficient (Wildman–Crippen LogP) is -1.73. The number of hydrogen-bond acceptors (Lipinski definition) is 3. The summed E-state index contributed by atoms with van der Waals surface area (Å²) < 4.78 is 0. The van der Waals surface area contributed by atoms with E-state index in [0.29, 0.717) is 5.56 Å². The maximum absolute atomic E-state index is 10.4. The van der Waals surface area contributed by atoms with Gasteiger partial charge in [0, 0.05) is 0 Å². The molecule has 0 heterocycles. The molecule has 1 rings (SSSR count). The average Bonchev–Trinajstić information content (AvgIpc) is 2.21. The van der Waals surface area contributed by atoms with Crippen molar-refractivity contribution in [2.24, 2.45) is 0 Å². The largest absolute Gasteiger partial charge is 1.00 e. The van der Waals surface area contributed by atoms with Gasteiger partial charge in [0.1, 0.15) is 0 Å². The molecule has 1 aromatic rings. The summed E-state index contributed by atoms with van der Waals surface area (Å²) in [6.07, 6.45) is 0.823. The van der Waals surface area contributed by atoms with Gasteiger partial charge in [-0.15, -0.1) is 0 Å². The van der Waals surface area contributed by atoms with Crippen LogP contribution in [0.15, 0.2) is 18.2 Å². The average molecular weight is 253 g/mol. The molecular formula is C13H12KNO2. The smallest absolute Gasteiger partial charge is 0.545 e. The van der Waals surface area contributed by atoms with Crippen LogP contribution in [0, 0.1) is 32.1 Å². The molecule has 0 fully saturated rings. The molecule has 0 aliphatic rings. The van der Waals surface area contributed by atoms with Gasteiger partial charge in [-0.3, -0.25) is 0 Å². The van der Waals surface area contributed by atoms with E-state index >= 15 is 0 Å². The second kappa shape index (κ2) is 7.09. The number of carbonyl (C=O) groups is 1. The van der Waals surface area contributed by atoms with Crippen molar-refractivity contribution in [1.82, 2.24) is 0 Å². The van der Waals surface area contributed by atoms with E-state index in [1.807, 2.05) is 26.8 Å². The number of hydrogen-bond donors (Lipinski definition) is 0. The van der Waals surface area contributed by atoms with Gasteiger partial charge in [0.15, 0.2) is 0 Å². The molecule has 0 aliphatic carbocycles.